The van der Waals surface area contributed by atoms with Crippen LogP contribution in [0.15, 0.2) is 6.07 Å². The monoisotopic (exact) mass is 270 g/mol. The normalized spacial score (nSPS) is 12.2. The fourth-order valence-corrected chi connectivity index (χ4v) is 2.45. The zero-order chi connectivity index (χ0) is 13.7. The number of hydrogen-bond acceptors (Lipinski definition) is 4. The molecule has 1 rings (SSSR count). The third-order valence-electron chi connectivity index (χ3n) is 2.66. The van der Waals surface area contributed by atoms with Gasteiger partial charge in [0.2, 0.25) is 5.91 Å². The molecule has 1 aromatic heterocycles. The second-order valence-electron chi connectivity index (χ2n) is 4.21. The van der Waals surface area contributed by atoms with Gasteiger partial charge in [0, 0.05) is 16.2 Å². The first kappa shape index (κ1) is 14.7. The van der Waals surface area contributed by atoms with Gasteiger partial charge >= 0.3 is 5.97 Å². The van der Waals surface area contributed by atoms with E-state index in [1.165, 1.54) is 10.4 Å². The molecule has 1 heterocycles. The van der Waals surface area contributed by atoms with Gasteiger partial charge in [0.1, 0.15) is 0 Å². The summed E-state index contributed by atoms with van der Waals surface area (Å²) in [6.07, 6.45) is 0.0649. The number of carbonyl (C=O) groups excluding carboxylic acids is 1. The van der Waals surface area contributed by atoms with E-state index in [-0.39, 0.29) is 18.7 Å². The van der Waals surface area contributed by atoms with Gasteiger partial charge in [-0.15, -0.1) is 11.3 Å². The summed E-state index contributed by atoms with van der Waals surface area (Å²) in [5.74, 6) is -1.25. The van der Waals surface area contributed by atoms with E-state index in [4.69, 9.17) is 10.8 Å². The first-order chi connectivity index (χ1) is 8.40. The van der Waals surface area contributed by atoms with Gasteiger partial charge in [-0.2, -0.15) is 0 Å². The summed E-state index contributed by atoms with van der Waals surface area (Å²) < 4.78 is 0. The Morgan fingerprint density at radius 2 is 2.17 bits per heavy atom. The molecule has 0 aliphatic heterocycles. The van der Waals surface area contributed by atoms with Crippen molar-refractivity contribution in [2.75, 3.05) is 0 Å². The molecule has 4 N–H and O–H groups in total. The highest BCUT2D eigenvalue weighted by Crippen LogP contribution is 2.20. The average Bonchev–Trinajstić information content (AvgIpc) is 2.62. The molecule has 0 aliphatic rings. The third-order valence-corrected chi connectivity index (χ3v) is 3.81. The maximum absolute atomic E-state index is 11.6. The second-order valence-corrected chi connectivity index (χ2v) is 5.55. The van der Waals surface area contributed by atoms with Crippen molar-refractivity contribution in [1.29, 1.82) is 0 Å². The summed E-state index contributed by atoms with van der Waals surface area (Å²) >= 11 is 1.64. The summed E-state index contributed by atoms with van der Waals surface area (Å²) in [7, 11) is 0. The minimum absolute atomic E-state index is 0.0915. The van der Waals surface area contributed by atoms with E-state index in [0.717, 1.165) is 4.88 Å². The van der Waals surface area contributed by atoms with Crippen molar-refractivity contribution in [3.8, 4) is 0 Å². The van der Waals surface area contributed by atoms with Gasteiger partial charge in [-0.05, 0) is 31.9 Å². The first-order valence-corrected chi connectivity index (χ1v) is 6.52. The molecule has 0 aliphatic carbocycles. The molecule has 1 aromatic rings. The number of amides is 1. The van der Waals surface area contributed by atoms with Gasteiger partial charge in [-0.1, -0.05) is 0 Å². The molecule has 6 heteroatoms. The molecule has 0 aromatic carbocycles. The van der Waals surface area contributed by atoms with E-state index in [1.807, 2.05) is 19.9 Å². The summed E-state index contributed by atoms with van der Waals surface area (Å²) in [6, 6.07) is 1.27. The molecule has 0 saturated heterocycles. The number of aliphatic carboxylic acids is 1. The molecule has 0 saturated carbocycles. The molecule has 1 unspecified atom stereocenters. The van der Waals surface area contributed by atoms with Crippen LogP contribution in [-0.4, -0.2) is 23.0 Å². The maximum atomic E-state index is 11.6. The number of hydrogen-bond donors (Lipinski definition) is 3. The van der Waals surface area contributed by atoms with E-state index in [2.05, 4.69) is 5.32 Å². The van der Waals surface area contributed by atoms with Crippen molar-refractivity contribution in [2.45, 2.75) is 39.3 Å². The number of aryl methyl sites for hydroxylation is 2. The van der Waals surface area contributed by atoms with Gasteiger partial charge in [-0.3, -0.25) is 9.59 Å². The van der Waals surface area contributed by atoms with Crippen LogP contribution in [0.2, 0.25) is 0 Å². The van der Waals surface area contributed by atoms with Crippen LogP contribution in [0.25, 0.3) is 0 Å². The Morgan fingerprint density at radius 3 is 2.67 bits per heavy atom. The Kier molecular flexibility index (Phi) is 5.30. The van der Waals surface area contributed by atoms with Crippen LogP contribution >= 0.6 is 11.3 Å². The van der Waals surface area contributed by atoms with Gasteiger partial charge in [0.05, 0.1) is 12.6 Å². The highest BCUT2D eigenvalue weighted by atomic mass is 32.1. The van der Waals surface area contributed by atoms with Crippen LogP contribution < -0.4 is 11.1 Å². The molecule has 0 spiro atoms. The van der Waals surface area contributed by atoms with Crippen molar-refractivity contribution in [1.82, 2.24) is 5.32 Å². The average molecular weight is 270 g/mol. The van der Waals surface area contributed by atoms with Gasteiger partial charge in [-0.25, -0.2) is 0 Å². The third kappa shape index (κ3) is 4.46. The van der Waals surface area contributed by atoms with E-state index in [0.29, 0.717) is 6.54 Å². The second kappa shape index (κ2) is 6.51. The number of carboxylic acids is 1. The maximum Gasteiger partial charge on any atom is 0.303 e. The summed E-state index contributed by atoms with van der Waals surface area (Å²) in [5, 5.41) is 11.2. The fourth-order valence-electron chi connectivity index (χ4n) is 1.45. The van der Waals surface area contributed by atoms with Crippen LogP contribution in [0.4, 0.5) is 0 Å². The number of nitrogens with two attached hydrogens (primary N) is 1. The molecule has 0 radical (unpaired) electrons. The number of thiophene rings is 1. The number of carbonyl (C=O) groups is 2. The molecule has 100 valence electrons. The Bertz CT molecular complexity index is 423. The minimum Gasteiger partial charge on any atom is -0.481 e. The van der Waals surface area contributed by atoms with Crippen molar-refractivity contribution in [3.05, 3.63) is 21.4 Å². The van der Waals surface area contributed by atoms with Crippen molar-refractivity contribution >= 4 is 23.2 Å². The highest BCUT2D eigenvalue weighted by molar-refractivity contribution is 7.12. The number of nitrogens with one attached hydrogen (secondary N) is 1. The molecule has 5 nitrogen and oxygen atoms in total. The van der Waals surface area contributed by atoms with Gasteiger partial charge in [0.15, 0.2) is 0 Å². The molecule has 0 fully saturated rings. The van der Waals surface area contributed by atoms with Crippen molar-refractivity contribution < 1.29 is 14.7 Å². The lowest BCUT2D eigenvalue weighted by atomic mass is 10.1. The number of carboxylic acid groups (broad SMARTS) is 1. The summed E-state index contributed by atoms with van der Waals surface area (Å²) in [5.41, 5.74) is 6.80. The standard InChI is InChI=1S/C12H18N2O3S/c1-7-5-9(18-8(7)2)6-14-12(17)10(13)3-4-11(15)16/h5,10H,3-4,6,13H2,1-2H3,(H,14,17)(H,15,16). The van der Waals surface area contributed by atoms with Crippen LogP contribution in [-0.2, 0) is 16.1 Å². The molecular weight excluding hydrogens is 252 g/mol. The van der Waals surface area contributed by atoms with E-state index in [9.17, 15) is 9.59 Å². The SMILES string of the molecule is Cc1cc(CNC(=O)C(N)CCC(=O)O)sc1C. The van der Waals surface area contributed by atoms with Gasteiger partial charge in [0.25, 0.3) is 0 Å². The largest absolute Gasteiger partial charge is 0.481 e. The molecule has 1 amide bonds. The molecule has 18 heavy (non-hydrogen) atoms. The van der Waals surface area contributed by atoms with Crippen LogP contribution in [0.5, 0.6) is 0 Å². The zero-order valence-electron chi connectivity index (χ0n) is 10.5. The van der Waals surface area contributed by atoms with E-state index < -0.39 is 12.0 Å². The molecule has 1 atom stereocenters. The smallest absolute Gasteiger partial charge is 0.303 e. The Morgan fingerprint density at radius 1 is 1.50 bits per heavy atom. The zero-order valence-corrected chi connectivity index (χ0v) is 11.3. The molecular formula is C12H18N2O3S. The fraction of sp³-hybridized carbons (Fsp3) is 0.500. The van der Waals surface area contributed by atoms with Crippen LogP contribution in [0.3, 0.4) is 0 Å². The van der Waals surface area contributed by atoms with Crippen LogP contribution in [0, 0.1) is 13.8 Å². The quantitative estimate of drug-likeness (QED) is 0.723. The first-order valence-electron chi connectivity index (χ1n) is 5.71. The Labute approximate surface area is 110 Å². The topological polar surface area (TPSA) is 92.4 Å². The van der Waals surface area contributed by atoms with E-state index in [1.54, 1.807) is 11.3 Å². The Hall–Kier alpha value is -1.40. The van der Waals surface area contributed by atoms with Crippen LogP contribution in [0.1, 0.15) is 28.2 Å². The lowest BCUT2D eigenvalue weighted by Crippen LogP contribution is -2.40. The van der Waals surface area contributed by atoms with E-state index >= 15 is 0 Å². The van der Waals surface area contributed by atoms with Gasteiger partial charge < -0.3 is 16.2 Å². The highest BCUT2D eigenvalue weighted by Gasteiger charge is 2.14. The van der Waals surface area contributed by atoms with Crippen molar-refractivity contribution in [2.24, 2.45) is 5.73 Å². The Balaban J connectivity index is 2.38. The van der Waals surface area contributed by atoms with Crippen molar-refractivity contribution in [3.63, 3.8) is 0 Å². The lowest BCUT2D eigenvalue weighted by molar-refractivity contribution is -0.137. The lowest BCUT2D eigenvalue weighted by Gasteiger charge is -2.10. The minimum atomic E-state index is -0.942. The number of rotatable bonds is 6. The summed E-state index contributed by atoms with van der Waals surface area (Å²) in [6.45, 7) is 4.50. The predicted octanol–water partition coefficient (Wildman–Crippen LogP) is 1.17. The summed E-state index contributed by atoms with van der Waals surface area (Å²) in [4.78, 5) is 24.3. The molecule has 0 bridgehead atoms. The predicted molar refractivity (Wildman–Crippen MR) is 70.5 cm³/mol.